The molecule has 0 amide bonds. The van der Waals surface area contributed by atoms with Gasteiger partial charge in [-0.1, -0.05) is 0 Å². The second-order valence-electron chi connectivity index (χ2n) is 7.44. The minimum absolute atomic E-state index is 0.249. The SMILES string of the molecule is Cc1cc(C)n(-c2cnn3ccc(N4CCC[C@@H]4c4cc(F)ccc4F)nc23)n1. The van der Waals surface area contributed by atoms with Crippen molar-refractivity contribution < 1.29 is 8.78 Å². The van der Waals surface area contributed by atoms with E-state index >= 15 is 0 Å². The summed E-state index contributed by atoms with van der Waals surface area (Å²) in [5.41, 5.74) is 3.73. The third-order valence-electron chi connectivity index (χ3n) is 5.44. The Morgan fingerprint density at radius 1 is 1.10 bits per heavy atom. The van der Waals surface area contributed by atoms with Crippen LogP contribution in [0.4, 0.5) is 14.6 Å². The maximum atomic E-state index is 14.4. The predicted molar refractivity (Wildman–Crippen MR) is 105 cm³/mol. The summed E-state index contributed by atoms with van der Waals surface area (Å²) >= 11 is 0. The minimum Gasteiger partial charge on any atom is -0.349 e. The Morgan fingerprint density at radius 2 is 1.97 bits per heavy atom. The zero-order valence-electron chi connectivity index (χ0n) is 16.2. The molecule has 8 heteroatoms. The zero-order chi connectivity index (χ0) is 20.1. The molecule has 4 heterocycles. The van der Waals surface area contributed by atoms with E-state index in [1.54, 1.807) is 10.7 Å². The molecular weight excluding hydrogens is 374 g/mol. The first-order chi connectivity index (χ1) is 14.0. The predicted octanol–water partition coefficient (Wildman–Crippen LogP) is 4.15. The van der Waals surface area contributed by atoms with Crippen molar-refractivity contribution in [2.45, 2.75) is 32.7 Å². The van der Waals surface area contributed by atoms with Gasteiger partial charge in [0.1, 0.15) is 23.1 Å². The Morgan fingerprint density at radius 3 is 2.76 bits per heavy atom. The zero-order valence-corrected chi connectivity index (χ0v) is 16.2. The van der Waals surface area contributed by atoms with E-state index in [1.807, 2.05) is 41.8 Å². The van der Waals surface area contributed by atoms with Gasteiger partial charge in [-0.15, -0.1) is 0 Å². The van der Waals surface area contributed by atoms with Crippen LogP contribution in [0.2, 0.25) is 0 Å². The van der Waals surface area contributed by atoms with Crippen LogP contribution < -0.4 is 4.90 Å². The third-order valence-corrected chi connectivity index (χ3v) is 5.44. The van der Waals surface area contributed by atoms with Gasteiger partial charge in [0.25, 0.3) is 0 Å². The van der Waals surface area contributed by atoms with Crippen molar-refractivity contribution in [1.29, 1.82) is 0 Å². The Bertz CT molecular complexity index is 1210. The molecule has 1 fully saturated rings. The second-order valence-corrected chi connectivity index (χ2v) is 7.44. The standard InChI is InChI=1S/C21H20F2N6/c1-13-10-14(2)29(26-13)19-12-24-28-9-7-20(25-21(19)28)27-8-3-4-18(27)16-11-15(22)5-6-17(16)23/h5-7,9-12,18H,3-4,8H2,1-2H3/t18-/m1/s1. The van der Waals surface area contributed by atoms with Crippen molar-refractivity contribution in [3.63, 3.8) is 0 Å². The summed E-state index contributed by atoms with van der Waals surface area (Å²) < 4.78 is 31.7. The van der Waals surface area contributed by atoms with Crippen molar-refractivity contribution >= 4 is 11.5 Å². The average Bonchev–Trinajstić information content (AvgIpc) is 3.41. The van der Waals surface area contributed by atoms with E-state index < -0.39 is 11.6 Å². The first-order valence-corrected chi connectivity index (χ1v) is 9.61. The summed E-state index contributed by atoms with van der Waals surface area (Å²) in [6.07, 6.45) is 5.21. The summed E-state index contributed by atoms with van der Waals surface area (Å²) in [5.74, 6) is -0.108. The number of fused-ring (bicyclic) bond motifs is 1. The van der Waals surface area contributed by atoms with Crippen molar-refractivity contribution in [2.75, 3.05) is 11.4 Å². The summed E-state index contributed by atoms with van der Waals surface area (Å²) in [6, 6.07) is 7.24. The Hall–Kier alpha value is -3.29. The number of aromatic nitrogens is 5. The van der Waals surface area contributed by atoms with Crippen LogP contribution in [-0.4, -0.2) is 30.9 Å². The molecule has 0 unspecified atom stereocenters. The van der Waals surface area contributed by atoms with E-state index in [9.17, 15) is 8.78 Å². The molecule has 5 rings (SSSR count). The van der Waals surface area contributed by atoms with Gasteiger partial charge in [0.2, 0.25) is 0 Å². The number of halogens is 2. The lowest BCUT2D eigenvalue weighted by atomic mass is 10.0. The molecule has 0 bridgehead atoms. The largest absolute Gasteiger partial charge is 0.349 e. The van der Waals surface area contributed by atoms with Gasteiger partial charge in [-0.25, -0.2) is 23.0 Å². The van der Waals surface area contributed by atoms with Gasteiger partial charge >= 0.3 is 0 Å². The first kappa shape index (κ1) is 17.8. The maximum Gasteiger partial charge on any atom is 0.183 e. The number of nitrogens with zero attached hydrogens (tertiary/aromatic N) is 6. The van der Waals surface area contributed by atoms with E-state index in [-0.39, 0.29) is 6.04 Å². The number of benzene rings is 1. The van der Waals surface area contributed by atoms with Gasteiger partial charge in [-0.3, -0.25) is 0 Å². The van der Waals surface area contributed by atoms with E-state index in [4.69, 9.17) is 4.98 Å². The summed E-state index contributed by atoms with van der Waals surface area (Å²) in [4.78, 5) is 6.86. The van der Waals surface area contributed by atoms with Crippen molar-refractivity contribution in [3.8, 4) is 5.69 Å². The summed E-state index contributed by atoms with van der Waals surface area (Å²) in [6.45, 7) is 4.65. The molecule has 4 aromatic rings. The molecule has 0 aliphatic carbocycles. The summed E-state index contributed by atoms with van der Waals surface area (Å²) in [5, 5.41) is 8.91. The van der Waals surface area contributed by atoms with E-state index in [2.05, 4.69) is 10.2 Å². The average molecular weight is 394 g/mol. The molecule has 1 saturated heterocycles. The van der Waals surface area contributed by atoms with Crippen molar-refractivity contribution in [1.82, 2.24) is 24.4 Å². The molecule has 29 heavy (non-hydrogen) atoms. The number of aryl methyl sites for hydroxylation is 2. The number of anilines is 1. The van der Waals surface area contributed by atoms with Crippen LogP contribution in [0.3, 0.4) is 0 Å². The lowest BCUT2D eigenvalue weighted by molar-refractivity contribution is 0.560. The molecule has 3 aromatic heterocycles. The fraction of sp³-hybridized carbons (Fsp3) is 0.286. The maximum absolute atomic E-state index is 14.4. The molecule has 0 N–H and O–H groups in total. The van der Waals surface area contributed by atoms with E-state index in [0.717, 1.165) is 42.5 Å². The number of hydrogen-bond acceptors (Lipinski definition) is 4. The topological polar surface area (TPSA) is 51.2 Å². The Balaban J connectivity index is 1.59. The molecule has 0 spiro atoms. The van der Waals surface area contributed by atoms with Crippen molar-refractivity contribution in [3.05, 3.63) is 71.3 Å². The lowest BCUT2D eigenvalue weighted by Crippen LogP contribution is -2.24. The van der Waals surface area contributed by atoms with E-state index in [1.165, 1.54) is 12.1 Å². The van der Waals surface area contributed by atoms with Gasteiger partial charge < -0.3 is 4.90 Å². The molecule has 1 aliphatic heterocycles. The molecule has 1 aliphatic rings. The molecule has 6 nitrogen and oxygen atoms in total. The molecule has 0 radical (unpaired) electrons. The van der Waals surface area contributed by atoms with Gasteiger partial charge in [-0.2, -0.15) is 10.2 Å². The highest BCUT2D eigenvalue weighted by Crippen LogP contribution is 2.37. The van der Waals surface area contributed by atoms with Crippen LogP contribution in [0.5, 0.6) is 0 Å². The fourth-order valence-corrected chi connectivity index (χ4v) is 4.16. The van der Waals surface area contributed by atoms with E-state index in [0.29, 0.717) is 17.0 Å². The third kappa shape index (κ3) is 2.95. The molecule has 148 valence electrons. The summed E-state index contributed by atoms with van der Waals surface area (Å²) in [7, 11) is 0. The van der Waals surface area contributed by atoms with Crippen LogP contribution in [0.25, 0.3) is 11.3 Å². The van der Waals surface area contributed by atoms with Crippen molar-refractivity contribution in [2.24, 2.45) is 0 Å². The van der Waals surface area contributed by atoms with Gasteiger partial charge in [0.15, 0.2) is 5.65 Å². The van der Waals surface area contributed by atoms with Gasteiger partial charge in [-0.05, 0) is 57.0 Å². The van der Waals surface area contributed by atoms with Crippen LogP contribution in [0, 0.1) is 25.5 Å². The normalized spacial score (nSPS) is 16.8. The second kappa shape index (κ2) is 6.65. The Labute approximate surface area is 166 Å². The smallest absolute Gasteiger partial charge is 0.183 e. The highest BCUT2D eigenvalue weighted by atomic mass is 19.1. The highest BCUT2D eigenvalue weighted by Gasteiger charge is 2.30. The first-order valence-electron chi connectivity index (χ1n) is 9.61. The van der Waals surface area contributed by atoms with Crippen LogP contribution in [0.1, 0.15) is 35.8 Å². The van der Waals surface area contributed by atoms with Crippen LogP contribution in [-0.2, 0) is 0 Å². The molecule has 0 saturated carbocycles. The fourth-order valence-electron chi connectivity index (χ4n) is 4.16. The monoisotopic (exact) mass is 394 g/mol. The van der Waals surface area contributed by atoms with Gasteiger partial charge in [0, 0.05) is 24.0 Å². The number of rotatable bonds is 3. The highest BCUT2D eigenvalue weighted by molar-refractivity contribution is 5.61. The minimum atomic E-state index is -0.431. The Kier molecular flexibility index (Phi) is 4.08. The molecular formula is C21H20F2N6. The number of hydrogen-bond donors (Lipinski definition) is 0. The van der Waals surface area contributed by atoms with Crippen LogP contribution in [0.15, 0.2) is 42.7 Å². The molecule has 1 aromatic carbocycles. The van der Waals surface area contributed by atoms with Gasteiger partial charge in [0.05, 0.1) is 17.9 Å². The molecule has 1 atom stereocenters. The quantitative estimate of drug-likeness (QED) is 0.524. The van der Waals surface area contributed by atoms with Crippen LogP contribution >= 0.6 is 0 Å². The lowest BCUT2D eigenvalue weighted by Gasteiger charge is -2.26.